The highest BCUT2D eigenvalue weighted by atomic mass is 16.5. The zero-order valence-corrected chi connectivity index (χ0v) is 15.1. The molecule has 1 heterocycles. The first-order valence-corrected chi connectivity index (χ1v) is 8.00. The van der Waals surface area contributed by atoms with E-state index >= 15 is 0 Å². The lowest BCUT2D eigenvalue weighted by molar-refractivity contribution is 0.326. The number of benzene rings is 2. The molecule has 0 spiro atoms. The summed E-state index contributed by atoms with van der Waals surface area (Å²) in [6.07, 6.45) is 0.526. The third kappa shape index (κ3) is 3.18. The first kappa shape index (κ1) is 17.7. The van der Waals surface area contributed by atoms with E-state index in [0.29, 0.717) is 34.6 Å². The van der Waals surface area contributed by atoms with Crippen molar-refractivity contribution in [2.24, 2.45) is 0 Å². The summed E-state index contributed by atoms with van der Waals surface area (Å²) in [5.74, 6) is 2.12. The standard InChI is InChI=1S/C20H20O6/c1-22-14-7-5-12(6-8-14)9-13-10-17(21)26-15-11-16(23-2)19(24-3)20(25-4)18(13)15/h5-8,10-11H,9H2,1-4H3. The minimum absolute atomic E-state index is 0.385. The summed E-state index contributed by atoms with van der Waals surface area (Å²) in [4.78, 5) is 12.0. The van der Waals surface area contributed by atoms with Gasteiger partial charge in [0.05, 0.1) is 33.8 Å². The predicted octanol–water partition coefficient (Wildman–Crippen LogP) is 3.42. The molecule has 2 aromatic carbocycles. The number of hydrogen-bond acceptors (Lipinski definition) is 6. The van der Waals surface area contributed by atoms with E-state index in [-0.39, 0.29) is 0 Å². The Morgan fingerprint density at radius 3 is 2.12 bits per heavy atom. The van der Waals surface area contributed by atoms with Gasteiger partial charge in [0.2, 0.25) is 5.75 Å². The molecule has 3 rings (SSSR count). The second kappa shape index (κ2) is 7.39. The van der Waals surface area contributed by atoms with Crippen molar-refractivity contribution >= 4 is 11.0 Å². The molecule has 0 aliphatic rings. The molecule has 136 valence electrons. The van der Waals surface area contributed by atoms with E-state index in [9.17, 15) is 4.79 Å². The van der Waals surface area contributed by atoms with Crippen LogP contribution in [0.2, 0.25) is 0 Å². The van der Waals surface area contributed by atoms with Crippen LogP contribution in [0.4, 0.5) is 0 Å². The number of rotatable bonds is 6. The second-order valence-corrected chi connectivity index (χ2v) is 5.63. The smallest absolute Gasteiger partial charge is 0.336 e. The largest absolute Gasteiger partial charge is 0.497 e. The van der Waals surface area contributed by atoms with Crippen LogP contribution in [0.25, 0.3) is 11.0 Å². The molecule has 1 aromatic heterocycles. The number of fused-ring (bicyclic) bond motifs is 1. The number of hydrogen-bond donors (Lipinski definition) is 0. The lowest BCUT2D eigenvalue weighted by Crippen LogP contribution is -2.04. The number of methoxy groups -OCH3 is 4. The van der Waals surface area contributed by atoms with Crippen LogP contribution in [-0.2, 0) is 6.42 Å². The monoisotopic (exact) mass is 356 g/mol. The molecule has 3 aromatic rings. The summed E-state index contributed by atoms with van der Waals surface area (Å²) in [5.41, 5.74) is 1.75. The first-order valence-electron chi connectivity index (χ1n) is 8.00. The summed E-state index contributed by atoms with van der Waals surface area (Å²) in [5, 5.41) is 0.681. The summed E-state index contributed by atoms with van der Waals surface area (Å²) in [6, 6.07) is 10.8. The van der Waals surface area contributed by atoms with Crippen molar-refractivity contribution in [3.63, 3.8) is 0 Å². The lowest BCUT2D eigenvalue weighted by Gasteiger charge is -2.16. The highest BCUT2D eigenvalue weighted by molar-refractivity contribution is 5.92. The van der Waals surface area contributed by atoms with E-state index in [1.165, 1.54) is 20.3 Å². The van der Waals surface area contributed by atoms with Gasteiger partial charge in [-0.1, -0.05) is 12.1 Å². The Morgan fingerprint density at radius 1 is 0.846 bits per heavy atom. The zero-order valence-electron chi connectivity index (χ0n) is 15.1. The van der Waals surface area contributed by atoms with Crippen molar-refractivity contribution in [2.45, 2.75) is 6.42 Å². The maximum atomic E-state index is 12.0. The van der Waals surface area contributed by atoms with Crippen LogP contribution in [0.3, 0.4) is 0 Å². The molecule has 0 radical (unpaired) electrons. The topological polar surface area (TPSA) is 67.1 Å². The minimum Gasteiger partial charge on any atom is -0.497 e. The van der Waals surface area contributed by atoms with Gasteiger partial charge in [-0.25, -0.2) is 4.79 Å². The molecule has 0 N–H and O–H groups in total. The molecule has 0 aliphatic carbocycles. The van der Waals surface area contributed by atoms with Crippen molar-refractivity contribution in [1.82, 2.24) is 0 Å². The maximum absolute atomic E-state index is 12.0. The highest BCUT2D eigenvalue weighted by Crippen LogP contribution is 2.44. The average Bonchev–Trinajstić information content (AvgIpc) is 2.66. The van der Waals surface area contributed by atoms with Crippen LogP contribution < -0.4 is 24.6 Å². The fourth-order valence-electron chi connectivity index (χ4n) is 2.97. The van der Waals surface area contributed by atoms with E-state index in [0.717, 1.165) is 16.9 Å². The molecule has 0 amide bonds. The Morgan fingerprint density at radius 2 is 1.54 bits per heavy atom. The Kier molecular flexibility index (Phi) is 5.02. The van der Waals surface area contributed by atoms with Gasteiger partial charge in [-0.05, 0) is 29.7 Å². The normalized spacial score (nSPS) is 10.6. The van der Waals surface area contributed by atoms with Crippen molar-refractivity contribution in [2.75, 3.05) is 28.4 Å². The molecule has 0 saturated heterocycles. The lowest BCUT2D eigenvalue weighted by atomic mass is 10.0. The van der Waals surface area contributed by atoms with Crippen LogP contribution in [0.5, 0.6) is 23.0 Å². The Balaban J connectivity index is 2.21. The fraction of sp³-hybridized carbons (Fsp3) is 0.250. The van der Waals surface area contributed by atoms with Gasteiger partial charge in [0.25, 0.3) is 0 Å². The van der Waals surface area contributed by atoms with Gasteiger partial charge >= 0.3 is 5.63 Å². The third-order valence-corrected chi connectivity index (χ3v) is 4.17. The maximum Gasteiger partial charge on any atom is 0.336 e. The van der Waals surface area contributed by atoms with Crippen molar-refractivity contribution in [3.05, 3.63) is 57.9 Å². The molecule has 26 heavy (non-hydrogen) atoms. The van der Waals surface area contributed by atoms with Gasteiger partial charge in [0, 0.05) is 12.1 Å². The van der Waals surface area contributed by atoms with Gasteiger partial charge in [-0.15, -0.1) is 0 Å². The van der Waals surface area contributed by atoms with Gasteiger partial charge in [0.15, 0.2) is 11.5 Å². The predicted molar refractivity (Wildman–Crippen MR) is 97.9 cm³/mol. The summed E-state index contributed by atoms with van der Waals surface area (Å²) in [7, 11) is 6.21. The molecule has 0 bridgehead atoms. The van der Waals surface area contributed by atoms with Crippen LogP contribution >= 0.6 is 0 Å². The van der Waals surface area contributed by atoms with Crippen molar-refractivity contribution in [3.8, 4) is 23.0 Å². The van der Waals surface area contributed by atoms with Crippen LogP contribution in [-0.4, -0.2) is 28.4 Å². The second-order valence-electron chi connectivity index (χ2n) is 5.63. The van der Waals surface area contributed by atoms with Crippen molar-refractivity contribution in [1.29, 1.82) is 0 Å². The Bertz CT molecular complexity index is 972. The van der Waals surface area contributed by atoms with E-state index in [1.807, 2.05) is 24.3 Å². The van der Waals surface area contributed by atoms with Gasteiger partial charge in [-0.3, -0.25) is 0 Å². The molecule has 0 atom stereocenters. The molecular weight excluding hydrogens is 336 g/mol. The van der Waals surface area contributed by atoms with Gasteiger partial charge < -0.3 is 23.4 Å². The quantitative estimate of drug-likeness (QED) is 0.631. The SMILES string of the molecule is COc1ccc(Cc2cc(=O)oc3cc(OC)c(OC)c(OC)c23)cc1. The van der Waals surface area contributed by atoms with Gasteiger partial charge in [0.1, 0.15) is 11.3 Å². The number of ether oxygens (including phenoxy) is 4. The van der Waals surface area contributed by atoms with Crippen LogP contribution in [0, 0.1) is 0 Å². The molecule has 6 heteroatoms. The van der Waals surface area contributed by atoms with E-state index in [1.54, 1.807) is 20.3 Å². The molecular formula is C20H20O6. The Hall–Kier alpha value is -3.15. The molecule has 0 fully saturated rings. The van der Waals surface area contributed by atoms with Crippen LogP contribution in [0.1, 0.15) is 11.1 Å². The molecule has 0 aliphatic heterocycles. The van der Waals surface area contributed by atoms with Crippen LogP contribution in [0.15, 0.2) is 45.6 Å². The summed E-state index contributed by atoms with van der Waals surface area (Å²) >= 11 is 0. The highest BCUT2D eigenvalue weighted by Gasteiger charge is 2.20. The molecule has 6 nitrogen and oxygen atoms in total. The van der Waals surface area contributed by atoms with Crippen molar-refractivity contribution < 1.29 is 23.4 Å². The van der Waals surface area contributed by atoms with E-state index < -0.39 is 5.63 Å². The molecule has 0 unspecified atom stereocenters. The summed E-state index contributed by atoms with van der Waals surface area (Å²) < 4.78 is 26.9. The van der Waals surface area contributed by atoms with E-state index in [4.69, 9.17) is 23.4 Å². The van der Waals surface area contributed by atoms with E-state index in [2.05, 4.69) is 0 Å². The Labute approximate surface area is 150 Å². The van der Waals surface area contributed by atoms with Gasteiger partial charge in [-0.2, -0.15) is 0 Å². The third-order valence-electron chi connectivity index (χ3n) is 4.17. The fourth-order valence-corrected chi connectivity index (χ4v) is 2.97. The first-order chi connectivity index (χ1) is 12.6. The summed E-state index contributed by atoms with van der Waals surface area (Å²) in [6.45, 7) is 0. The molecule has 0 saturated carbocycles. The minimum atomic E-state index is -0.435. The zero-order chi connectivity index (χ0) is 18.7. The average molecular weight is 356 g/mol.